The molecular formula is C31H39N3O2. The zero-order chi connectivity index (χ0) is 24.8. The molecule has 2 aromatic rings. The van der Waals surface area contributed by atoms with Gasteiger partial charge in [0.25, 0.3) is 5.91 Å². The molecule has 5 aliphatic rings. The Labute approximate surface area is 215 Å². The molecule has 1 amide bonds. The third-order valence-corrected chi connectivity index (χ3v) is 11.1. The van der Waals surface area contributed by atoms with Crippen molar-refractivity contribution in [3.63, 3.8) is 0 Å². The molecule has 2 aliphatic heterocycles. The first-order valence-electron chi connectivity index (χ1n) is 14.0. The third-order valence-electron chi connectivity index (χ3n) is 11.1. The van der Waals surface area contributed by atoms with Crippen LogP contribution in [0.15, 0.2) is 48.5 Å². The molecule has 2 bridgehead atoms. The predicted molar refractivity (Wildman–Crippen MR) is 141 cm³/mol. The first-order chi connectivity index (χ1) is 17.4. The van der Waals surface area contributed by atoms with Gasteiger partial charge in [0.15, 0.2) is 0 Å². The minimum Gasteiger partial charge on any atom is -0.508 e. The van der Waals surface area contributed by atoms with Gasteiger partial charge >= 0.3 is 0 Å². The number of hydrogen-bond donors (Lipinski definition) is 1. The summed E-state index contributed by atoms with van der Waals surface area (Å²) in [5.41, 5.74) is 4.05. The Kier molecular flexibility index (Phi) is 4.95. The van der Waals surface area contributed by atoms with E-state index in [0.29, 0.717) is 35.0 Å². The third kappa shape index (κ3) is 2.66. The van der Waals surface area contributed by atoms with Crippen LogP contribution < -0.4 is 0 Å². The summed E-state index contributed by atoms with van der Waals surface area (Å²) in [4.78, 5) is 21.2. The molecule has 2 aromatic carbocycles. The number of rotatable bonds is 5. The Bertz CT molecular complexity index is 1200. The predicted octanol–water partition coefficient (Wildman–Crippen LogP) is 4.01. The van der Waals surface area contributed by atoms with Crippen LogP contribution in [0.3, 0.4) is 0 Å². The van der Waals surface area contributed by atoms with Crippen LogP contribution >= 0.6 is 0 Å². The molecular weight excluding hydrogens is 446 g/mol. The smallest absolute Gasteiger partial charge is 0.254 e. The molecule has 1 spiro atoms. The number of phenols is 1. The highest BCUT2D eigenvalue weighted by molar-refractivity contribution is 5.94. The van der Waals surface area contributed by atoms with E-state index in [-0.39, 0.29) is 17.4 Å². The monoisotopic (exact) mass is 485 g/mol. The van der Waals surface area contributed by atoms with E-state index in [0.717, 1.165) is 51.0 Å². The molecule has 5 nitrogen and oxygen atoms in total. The lowest BCUT2D eigenvalue weighted by Gasteiger charge is -2.88. The molecule has 190 valence electrons. The Morgan fingerprint density at radius 3 is 2.69 bits per heavy atom. The zero-order valence-electron chi connectivity index (χ0n) is 21.9. The standard InChI is InChI=1S/C31H39N3O2/c1-4-25-28-27-22(19-34(25)29(36)20-8-6-5-7-9-20)18-31(27)26-16-21-10-11-23(35)17-24(21)30(28,31)12-13-33(26)15-14-32(2)3/h5-11,17,22,25-28,35H,4,12-16,18-19H2,1-3H3/t22-,25?,26?,27?,28?,30?,31?/m1/s1. The second-order valence-electron chi connectivity index (χ2n) is 12.5. The van der Waals surface area contributed by atoms with Crippen LogP contribution in [0, 0.1) is 23.2 Å². The van der Waals surface area contributed by atoms with E-state index in [9.17, 15) is 9.90 Å². The highest BCUT2D eigenvalue weighted by Gasteiger charge is 2.85. The number of piperidine rings is 2. The molecule has 5 heteroatoms. The summed E-state index contributed by atoms with van der Waals surface area (Å²) >= 11 is 0. The van der Waals surface area contributed by atoms with Crippen LogP contribution in [0.5, 0.6) is 5.75 Å². The van der Waals surface area contributed by atoms with E-state index < -0.39 is 0 Å². The van der Waals surface area contributed by atoms with Crippen molar-refractivity contribution >= 4 is 5.91 Å². The van der Waals surface area contributed by atoms with E-state index in [1.165, 1.54) is 17.5 Å². The van der Waals surface area contributed by atoms with E-state index in [2.05, 4.69) is 47.9 Å². The first-order valence-corrected chi connectivity index (χ1v) is 14.0. The molecule has 3 aliphatic carbocycles. The average molecular weight is 486 g/mol. The Morgan fingerprint density at radius 1 is 1.14 bits per heavy atom. The van der Waals surface area contributed by atoms with Gasteiger partial charge in [-0.1, -0.05) is 31.2 Å². The number of phenolic OH excluding ortho intramolecular Hbond substituents is 1. The van der Waals surface area contributed by atoms with Crippen LogP contribution in [-0.4, -0.2) is 78.1 Å². The number of carbonyl (C=O) groups excluding carboxylic acids is 1. The first kappa shape index (κ1) is 22.8. The van der Waals surface area contributed by atoms with E-state index >= 15 is 0 Å². The summed E-state index contributed by atoms with van der Waals surface area (Å²) in [5.74, 6) is 2.39. The normalized spacial score (nSPS) is 37.9. The quantitative estimate of drug-likeness (QED) is 0.695. The van der Waals surface area contributed by atoms with Gasteiger partial charge in [0.05, 0.1) is 0 Å². The largest absolute Gasteiger partial charge is 0.508 e. The van der Waals surface area contributed by atoms with Gasteiger partial charge in [-0.2, -0.15) is 0 Å². The molecule has 0 radical (unpaired) electrons. The van der Waals surface area contributed by atoms with Crippen LogP contribution in [0.4, 0.5) is 0 Å². The highest BCUT2D eigenvalue weighted by Crippen LogP contribution is 2.84. The van der Waals surface area contributed by atoms with Gasteiger partial charge in [-0.05, 0) is 99.5 Å². The molecule has 36 heavy (non-hydrogen) atoms. The molecule has 2 saturated carbocycles. The van der Waals surface area contributed by atoms with Gasteiger partial charge < -0.3 is 14.9 Å². The number of aromatic hydroxyl groups is 1. The number of nitrogens with zero attached hydrogens (tertiary/aromatic N) is 3. The fraction of sp³-hybridized carbons (Fsp3) is 0.581. The second-order valence-corrected chi connectivity index (χ2v) is 12.5. The van der Waals surface area contributed by atoms with Crippen LogP contribution in [-0.2, 0) is 11.8 Å². The summed E-state index contributed by atoms with van der Waals surface area (Å²) < 4.78 is 0. The SMILES string of the molecule is CCC1C2C3[C@@H](CN1C(=O)c1ccccc1)CC31C3Cc4ccc(O)cc4C21CCN3CCN(C)C. The van der Waals surface area contributed by atoms with Crippen LogP contribution in [0.1, 0.15) is 47.7 Å². The summed E-state index contributed by atoms with van der Waals surface area (Å²) in [6.07, 6.45) is 4.46. The number of amides is 1. The summed E-state index contributed by atoms with van der Waals surface area (Å²) in [5, 5.41) is 10.6. The maximum atomic E-state index is 13.8. The maximum Gasteiger partial charge on any atom is 0.254 e. The van der Waals surface area contributed by atoms with E-state index in [1.54, 1.807) is 0 Å². The number of fused-ring (bicyclic) bond motifs is 1. The fourth-order valence-electron chi connectivity index (χ4n) is 10.0. The summed E-state index contributed by atoms with van der Waals surface area (Å²) in [7, 11) is 4.35. The molecule has 2 heterocycles. The Hall–Kier alpha value is -2.37. The molecule has 4 fully saturated rings. The summed E-state index contributed by atoms with van der Waals surface area (Å²) in [6, 6.07) is 16.9. The molecule has 7 atom stereocenters. The Morgan fingerprint density at radius 2 is 1.94 bits per heavy atom. The number of likely N-dealkylation sites (tertiary alicyclic amines) is 2. The lowest BCUT2D eigenvalue weighted by Crippen LogP contribution is -2.90. The number of hydrogen-bond acceptors (Lipinski definition) is 4. The highest BCUT2D eigenvalue weighted by atomic mass is 16.3. The number of benzene rings is 2. The van der Waals surface area contributed by atoms with Gasteiger partial charge in [-0.25, -0.2) is 0 Å². The minimum absolute atomic E-state index is 0.0795. The van der Waals surface area contributed by atoms with Gasteiger partial charge in [-0.3, -0.25) is 9.69 Å². The molecule has 7 rings (SSSR count). The van der Waals surface area contributed by atoms with E-state index in [1.807, 2.05) is 36.4 Å². The second kappa shape index (κ2) is 7.82. The molecule has 2 saturated heterocycles. The average Bonchev–Trinajstić information content (AvgIpc) is 2.86. The topological polar surface area (TPSA) is 47.0 Å². The molecule has 1 N–H and O–H groups in total. The van der Waals surface area contributed by atoms with Crippen molar-refractivity contribution in [2.45, 2.75) is 50.1 Å². The summed E-state index contributed by atoms with van der Waals surface area (Å²) in [6.45, 7) is 6.52. The maximum absolute atomic E-state index is 13.8. The van der Waals surface area contributed by atoms with Gasteiger partial charge in [-0.15, -0.1) is 0 Å². The lowest BCUT2D eigenvalue weighted by molar-refractivity contribution is -0.349. The number of carbonyl (C=O) groups is 1. The van der Waals surface area contributed by atoms with Crippen molar-refractivity contribution in [2.75, 3.05) is 40.3 Å². The number of likely N-dealkylation sites (N-methyl/N-ethyl adjacent to an activating group) is 1. The van der Waals surface area contributed by atoms with Crippen LogP contribution in [0.2, 0.25) is 0 Å². The van der Waals surface area contributed by atoms with Gasteiger partial charge in [0.1, 0.15) is 5.75 Å². The minimum atomic E-state index is 0.0795. The lowest BCUT2D eigenvalue weighted by atomic mass is 9.20. The van der Waals surface area contributed by atoms with Crippen molar-refractivity contribution < 1.29 is 9.90 Å². The van der Waals surface area contributed by atoms with Crippen molar-refractivity contribution in [1.82, 2.24) is 14.7 Å². The van der Waals surface area contributed by atoms with Crippen molar-refractivity contribution in [2.24, 2.45) is 23.2 Å². The van der Waals surface area contributed by atoms with Crippen molar-refractivity contribution in [3.8, 4) is 5.75 Å². The van der Waals surface area contributed by atoms with Crippen molar-refractivity contribution in [3.05, 3.63) is 65.2 Å². The van der Waals surface area contributed by atoms with Crippen LogP contribution in [0.25, 0.3) is 0 Å². The zero-order valence-corrected chi connectivity index (χ0v) is 21.9. The molecule has 0 aromatic heterocycles. The molecule has 6 unspecified atom stereocenters. The van der Waals surface area contributed by atoms with Crippen molar-refractivity contribution in [1.29, 1.82) is 0 Å². The van der Waals surface area contributed by atoms with Gasteiger partial charge in [0.2, 0.25) is 0 Å². The van der Waals surface area contributed by atoms with Gasteiger partial charge in [0, 0.05) is 48.1 Å². The fourth-order valence-corrected chi connectivity index (χ4v) is 10.0. The Balaban J connectivity index is 1.32. The van der Waals surface area contributed by atoms with E-state index in [4.69, 9.17) is 0 Å².